The zero-order valence-corrected chi connectivity index (χ0v) is 18.9. The molecule has 1 atom stereocenters. The van der Waals surface area contributed by atoms with Crippen LogP contribution < -0.4 is 4.74 Å². The van der Waals surface area contributed by atoms with E-state index in [1.807, 2.05) is 24.3 Å². The van der Waals surface area contributed by atoms with E-state index in [-0.39, 0.29) is 10.8 Å². The van der Waals surface area contributed by atoms with Crippen molar-refractivity contribution in [2.24, 2.45) is 0 Å². The first-order chi connectivity index (χ1) is 13.8. The highest BCUT2D eigenvalue weighted by molar-refractivity contribution is 9.10. The first kappa shape index (κ1) is 21.8. The van der Waals surface area contributed by atoms with Gasteiger partial charge in [0.15, 0.2) is 0 Å². The third-order valence-electron chi connectivity index (χ3n) is 5.14. The van der Waals surface area contributed by atoms with E-state index < -0.39 is 16.1 Å². The van der Waals surface area contributed by atoms with E-state index in [2.05, 4.69) is 15.9 Å². The summed E-state index contributed by atoms with van der Waals surface area (Å²) in [6.07, 6.45) is 2.09. The maximum absolute atomic E-state index is 13.2. The lowest BCUT2D eigenvalue weighted by molar-refractivity contribution is -0.135. The van der Waals surface area contributed by atoms with Crippen LogP contribution in [-0.4, -0.2) is 50.3 Å². The molecule has 8 heteroatoms. The van der Waals surface area contributed by atoms with Gasteiger partial charge in [-0.25, -0.2) is 8.42 Å². The molecule has 1 amide bonds. The molecule has 1 aliphatic heterocycles. The molecule has 29 heavy (non-hydrogen) atoms. The Kier molecular flexibility index (Phi) is 6.97. The van der Waals surface area contributed by atoms with Crippen molar-refractivity contribution in [3.8, 4) is 5.75 Å². The lowest BCUT2D eigenvalue weighted by atomic mass is 10.0. The van der Waals surface area contributed by atoms with Crippen LogP contribution in [0.5, 0.6) is 5.75 Å². The predicted molar refractivity (Wildman–Crippen MR) is 115 cm³/mol. The molecule has 156 valence electrons. The Hall–Kier alpha value is -1.90. The van der Waals surface area contributed by atoms with Crippen molar-refractivity contribution in [2.75, 3.05) is 20.7 Å². The summed E-state index contributed by atoms with van der Waals surface area (Å²) in [6, 6.07) is 13.3. The van der Waals surface area contributed by atoms with Crippen molar-refractivity contribution in [3.05, 3.63) is 58.6 Å². The molecule has 3 rings (SSSR count). The van der Waals surface area contributed by atoms with Crippen LogP contribution in [0.1, 0.15) is 24.8 Å². The van der Waals surface area contributed by atoms with Gasteiger partial charge in [-0.3, -0.25) is 4.79 Å². The highest BCUT2D eigenvalue weighted by atomic mass is 79.9. The SMILES string of the molecule is COc1ccccc1CN(C)C(=O)C1CCCCN1S(=O)(=O)c1ccc(Br)cc1. The first-order valence-corrected chi connectivity index (χ1v) is 11.7. The van der Waals surface area contributed by atoms with E-state index in [1.54, 1.807) is 43.3 Å². The average molecular weight is 481 g/mol. The molecule has 0 bridgehead atoms. The van der Waals surface area contributed by atoms with Crippen molar-refractivity contribution in [1.82, 2.24) is 9.21 Å². The number of rotatable bonds is 6. The van der Waals surface area contributed by atoms with Crippen molar-refractivity contribution in [1.29, 1.82) is 0 Å². The van der Waals surface area contributed by atoms with Crippen LogP contribution in [0.4, 0.5) is 0 Å². The van der Waals surface area contributed by atoms with Crippen LogP contribution in [0.25, 0.3) is 0 Å². The fourth-order valence-corrected chi connectivity index (χ4v) is 5.52. The summed E-state index contributed by atoms with van der Waals surface area (Å²) in [4.78, 5) is 15.0. The topological polar surface area (TPSA) is 66.9 Å². The number of halogens is 1. The lowest BCUT2D eigenvalue weighted by Gasteiger charge is -2.36. The Labute approximate surface area is 180 Å². The highest BCUT2D eigenvalue weighted by Gasteiger charge is 2.38. The summed E-state index contributed by atoms with van der Waals surface area (Å²) in [6.45, 7) is 0.697. The average Bonchev–Trinajstić information content (AvgIpc) is 2.74. The van der Waals surface area contributed by atoms with E-state index in [1.165, 1.54) is 4.31 Å². The summed E-state index contributed by atoms with van der Waals surface area (Å²) in [5.41, 5.74) is 0.879. The van der Waals surface area contributed by atoms with Gasteiger partial charge in [-0.15, -0.1) is 0 Å². The summed E-state index contributed by atoms with van der Waals surface area (Å²) < 4.78 is 34.0. The predicted octanol–water partition coefficient (Wildman–Crippen LogP) is 3.66. The Balaban J connectivity index is 1.83. The van der Waals surface area contributed by atoms with E-state index in [0.29, 0.717) is 25.3 Å². The van der Waals surface area contributed by atoms with Crippen LogP contribution in [0.3, 0.4) is 0 Å². The quantitative estimate of drug-likeness (QED) is 0.632. The van der Waals surface area contributed by atoms with Crippen LogP contribution in [0.15, 0.2) is 57.9 Å². The molecule has 0 saturated carbocycles. The van der Waals surface area contributed by atoms with Gasteiger partial charge in [-0.05, 0) is 43.2 Å². The Bertz CT molecular complexity index is 963. The molecule has 1 aliphatic rings. The Morgan fingerprint density at radius 3 is 2.55 bits per heavy atom. The number of likely N-dealkylation sites (N-methyl/N-ethyl adjacent to an activating group) is 1. The maximum Gasteiger partial charge on any atom is 0.243 e. The molecule has 1 unspecified atom stereocenters. The van der Waals surface area contributed by atoms with E-state index in [9.17, 15) is 13.2 Å². The fraction of sp³-hybridized carbons (Fsp3) is 0.381. The number of piperidine rings is 1. The van der Waals surface area contributed by atoms with Gasteiger partial charge in [-0.2, -0.15) is 4.31 Å². The number of carbonyl (C=O) groups is 1. The smallest absolute Gasteiger partial charge is 0.243 e. The number of carbonyl (C=O) groups excluding carboxylic acids is 1. The fourth-order valence-electron chi connectivity index (χ4n) is 3.60. The largest absolute Gasteiger partial charge is 0.496 e. The Morgan fingerprint density at radius 2 is 1.86 bits per heavy atom. The number of amides is 1. The minimum Gasteiger partial charge on any atom is -0.496 e. The number of methoxy groups -OCH3 is 1. The summed E-state index contributed by atoms with van der Waals surface area (Å²) >= 11 is 3.33. The zero-order chi connectivity index (χ0) is 21.0. The first-order valence-electron chi connectivity index (χ1n) is 9.49. The van der Waals surface area contributed by atoms with Gasteiger partial charge >= 0.3 is 0 Å². The number of hydrogen-bond acceptors (Lipinski definition) is 4. The minimum absolute atomic E-state index is 0.198. The van der Waals surface area contributed by atoms with E-state index in [0.717, 1.165) is 22.9 Å². The van der Waals surface area contributed by atoms with Gasteiger partial charge in [0.25, 0.3) is 0 Å². The molecule has 0 N–H and O–H groups in total. The minimum atomic E-state index is -3.75. The summed E-state index contributed by atoms with van der Waals surface area (Å²) in [7, 11) is -0.458. The second-order valence-electron chi connectivity index (χ2n) is 7.09. The monoisotopic (exact) mass is 480 g/mol. The molecule has 0 spiro atoms. The molecule has 6 nitrogen and oxygen atoms in total. The molecule has 1 heterocycles. The summed E-state index contributed by atoms with van der Waals surface area (Å²) in [5, 5.41) is 0. The molecule has 2 aromatic rings. The number of para-hydroxylation sites is 1. The van der Waals surface area contributed by atoms with Gasteiger partial charge in [0.1, 0.15) is 11.8 Å². The van der Waals surface area contributed by atoms with Crippen molar-refractivity contribution in [2.45, 2.75) is 36.7 Å². The van der Waals surface area contributed by atoms with Crippen molar-refractivity contribution >= 4 is 31.9 Å². The van der Waals surface area contributed by atoms with Crippen molar-refractivity contribution in [3.63, 3.8) is 0 Å². The number of nitrogens with zero attached hydrogens (tertiary/aromatic N) is 2. The molecule has 1 saturated heterocycles. The highest BCUT2D eigenvalue weighted by Crippen LogP contribution is 2.28. The molecule has 0 aromatic heterocycles. The molecule has 1 fully saturated rings. The lowest BCUT2D eigenvalue weighted by Crippen LogP contribution is -2.52. The van der Waals surface area contributed by atoms with Crippen LogP contribution in [-0.2, 0) is 21.4 Å². The van der Waals surface area contributed by atoms with E-state index >= 15 is 0 Å². The second-order valence-corrected chi connectivity index (χ2v) is 9.89. The van der Waals surface area contributed by atoms with Crippen LogP contribution in [0.2, 0.25) is 0 Å². The van der Waals surface area contributed by atoms with Crippen LogP contribution >= 0.6 is 15.9 Å². The van der Waals surface area contributed by atoms with Crippen LogP contribution in [0, 0.1) is 0 Å². The second kappa shape index (κ2) is 9.28. The normalized spacial score (nSPS) is 17.7. The molecule has 2 aromatic carbocycles. The van der Waals surface area contributed by atoms with Gasteiger partial charge in [0.05, 0.1) is 12.0 Å². The van der Waals surface area contributed by atoms with Gasteiger partial charge in [-0.1, -0.05) is 40.5 Å². The Morgan fingerprint density at radius 1 is 1.17 bits per heavy atom. The molecular formula is C21H25BrN2O4S. The molecule has 0 radical (unpaired) electrons. The van der Waals surface area contributed by atoms with Gasteiger partial charge < -0.3 is 9.64 Å². The number of ether oxygens (including phenoxy) is 1. The van der Waals surface area contributed by atoms with E-state index in [4.69, 9.17) is 4.74 Å². The zero-order valence-electron chi connectivity index (χ0n) is 16.5. The van der Waals surface area contributed by atoms with Gasteiger partial charge in [0, 0.05) is 30.2 Å². The standard InChI is InChI=1S/C21H25BrN2O4S/c1-23(15-16-7-3-4-9-20(16)28-2)21(25)19-8-5-6-14-24(19)29(26,27)18-12-10-17(22)11-13-18/h3-4,7,9-13,19H,5-6,8,14-15H2,1-2H3. The number of sulfonamides is 1. The molecular weight excluding hydrogens is 456 g/mol. The maximum atomic E-state index is 13.2. The third-order valence-corrected chi connectivity index (χ3v) is 7.59. The third kappa shape index (κ3) is 4.82. The molecule has 0 aliphatic carbocycles. The van der Waals surface area contributed by atoms with Crippen molar-refractivity contribution < 1.29 is 17.9 Å². The number of benzene rings is 2. The van der Waals surface area contributed by atoms with Gasteiger partial charge in [0.2, 0.25) is 15.9 Å². The summed E-state index contributed by atoms with van der Waals surface area (Å²) in [5.74, 6) is 0.506. The number of hydrogen-bond donors (Lipinski definition) is 0.